The van der Waals surface area contributed by atoms with E-state index < -0.39 is 0 Å². The van der Waals surface area contributed by atoms with Crippen molar-refractivity contribution < 1.29 is 9.53 Å². The summed E-state index contributed by atoms with van der Waals surface area (Å²) < 4.78 is 7.64. The number of aryl methyl sites for hydroxylation is 1. The lowest BCUT2D eigenvalue weighted by Crippen LogP contribution is -2.38. The number of anilines is 3. The maximum Gasteiger partial charge on any atom is 0.234 e. The molecule has 0 spiro atoms. The molecule has 2 fully saturated rings. The molecule has 35 heavy (non-hydrogen) atoms. The van der Waals surface area contributed by atoms with Gasteiger partial charge in [-0.05, 0) is 43.0 Å². The van der Waals surface area contributed by atoms with Crippen molar-refractivity contribution in [3.05, 3.63) is 54.1 Å². The lowest BCUT2D eigenvalue weighted by atomic mass is 10.1. The first-order chi connectivity index (χ1) is 17.2. The van der Waals surface area contributed by atoms with E-state index in [1.165, 1.54) is 30.2 Å². The summed E-state index contributed by atoms with van der Waals surface area (Å²) >= 11 is 1.42. The molecule has 9 heteroatoms. The number of morpholine rings is 1. The number of amides is 1. The molecule has 2 aliphatic rings. The second kappa shape index (κ2) is 11.1. The molecule has 1 amide bonds. The Labute approximate surface area is 210 Å². The highest BCUT2D eigenvalue weighted by Crippen LogP contribution is 2.31. The summed E-state index contributed by atoms with van der Waals surface area (Å²) in [6, 6.07) is 16.4. The molecule has 8 nitrogen and oxygen atoms in total. The molecule has 3 heterocycles. The minimum Gasteiger partial charge on any atom is -0.378 e. The van der Waals surface area contributed by atoms with Gasteiger partial charge in [-0.1, -0.05) is 49.0 Å². The van der Waals surface area contributed by atoms with Crippen molar-refractivity contribution >= 4 is 35.0 Å². The number of ether oxygens (including phenoxy) is 1. The Morgan fingerprint density at radius 3 is 2.43 bits per heavy atom. The van der Waals surface area contributed by atoms with Crippen LogP contribution >= 0.6 is 11.8 Å². The van der Waals surface area contributed by atoms with Gasteiger partial charge in [-0.3, -0.25) is 9.36 Å². The summed E-state index contributed by atoms with van der Waals surface area (Å²) in [5.41, 5.74) is 4.24. The standard InChI is InChI=1S/C26H32N6O2S/c1-2-20-9-3-5-11-22(20)32-25(31-15-17-34-18-16-31)28-29-26(32)35-19-24(33)27-21-10-4-6-12-23(21)30-13-7-8-14-30/h3-6,9-12H,2,7-8,13-19H2,1H3,(H,27,33). The molecule has 0 radical (unpaired) electrons. The van der Waals surface area contributed by atoms with E-state index in [1.807, 2.05) is 24.3 Å². The Balaban J connectivity index is 1.36. The molecule has 0 saturated carbocycles. The minimum absolute atomic E-state index is 0.0482. The van der Waals surface area contributed by atoms with Crippen molar-refractivity contribution in [3.63, 3.8) is 0 Å². The van der Waals surface area contributed by atoms with Crippen molar-refractivity contribution in [2.45, 2.75) is 31.3 Å². The van der Waals surface area contributed by atoms with Crippen molar-refractivity contribution in [1.29, 1.82) is 0 Å². The van der Waals surface area contributed by atoms with Gasteiger partial charge in [0.15, 0.2) is 5.16 Å². The van der Waals surface area contributed by atoms with Gasteiger partial charge in [-0.25, -0.2) is 0 Å². The lowest BCUT2D eigenvalue weighted by molar-refractivity contribution is -0.113. The minimum atomic E-state index is -0.0482. The summed E-state index contributed by atoms with van der Waals surface area (Å²) in [6.07, 6.45) is 3.28. The van der Waals surface area contributed by atoms with Gasteiger partial charge in [0.1, 0.15) is 0 Å². The van der Waals surface area contributed by atoms with Gasteiger partial charge in [0.25, 0.3) is 0 Å². The average molecular weight is 493 g/mol. The van der Waals surface area contributed by atoms with E-state index >= 15 is 0 Å². The Morgan fingerprint density at radius 2 is 1.66 bits per heavy atom. The first-order valence-electron chi connectivity index (χ1n) is 12.4. The van der Waals surface area contributed by atoms with Gasteiger partial charge in [0.2, 0.25) is 11.9 Å². The number of carbonyl (C=O) groups is 1. The number of hydrogen-bond acceptors (Lipinski definition) is 7. The third kappa shape index (κ3) is 5.31. The van der Waals surface area contributed by atoms with Crippen LogP contribution in [0, 0.1) is 0 Å². The number of thioether (sulfide) groups is 1. The average Bonchev–Trinajstić information content (AvgIpc) is 3.59. The van der Waals surface area contributed by atoms with Gasteiger partial charge in [-0.15, -0.1) is 10.2 Å². The second-order valence-electron chi connectivity index (χ2n) is 8.75. The van der Waals surface area contributed by atoms with Crippen molar-refractivity contribution in [2.75, 3.05) is 60.3 Å². The molecule has 2 aromatic carbocycles. The van der Waals surface area contributed by atoms with E-state index in [2.05, 4.69) is 61.1 Å². The van der Waals surface area contributed by atoms with E-state index in [9.17, 15) is 4.79 Å². The molecule has 0 aliphatic carbocycles. The van der Waals surface area contributed by atoms with Crippen molar-refractivity contribution in [3.8, 4) is 5.69 Å². The molecule has 5 rings (SSSR count). The molecular formula is C26H32N6O2S. The van der Waals surface area contributed by atoms with Gasteiger partial charge < -0.3 is 19.9 Å². The lowest BCUT2D eigenvalue weighted by Gasteiger charge is -2.28. The summed E-state index contributed by atoms with van der Waals surface area (Å²) in [7, 11) is 0. The summed E-state index contributed by atoms with van der Waals surface area (Å²) in [5.74, 6) is 1.01. The zero-order chi connectivity index (χ0) is 24.0. The monoisotopic (exact) mass is 492 g/mol. The molecule has 1 N–H and O–H groups in total. The number of rotatable bonds is 8. The molecule has 2 aliphatic heterocycles. The molecule has 3 aromatic rings. The molecule has 1 aromatic heterocycles. The summed E-state index contributed by atoms with van der Waals surface area (Å²) in [4.78, 5) is 17.5. The Hall–Kier alpha value is -3.04. The second-order valence-corrected chi connectivity index (χ2v) is 9.69. The van der Waals surface area contributed by atoms with Crippen LogP contribution in [0.3, 0.4) is 0 Å². The highest BCUT2D eigenvalue weighted by molar-refractivity contribution is 7.99. The number of carbonyl (C=O) groups excluding carboxylic acids is 1. The number of nitrogens with one attached hydrogen (secondary N) is 1. The van der Waals surface area contributed by atoms with Gasteiger partial charge in [0.05, 0.1) is 36.0 Å². The Kier molecular flexibility index (Phi) is 7.54. The number of nitrogens with zero attached hydrogens (tertiary/aromatic N) is 5. The van der Waals surface area contributed by atoms with Crippen LogP contribution in [-0.2, 0) is 16.0 Å². The Morgan fingerprint density at radius 1 is 0.943 bits per heavy atom. The molecule has 184 valence electrons. The highest BCUT2D eigenvalue weighted by atomic mass is 32.2. The quantitative estimate of drug-likeness (QED) is 0.477. The summed E-state index contributed by atoms with van der Waals surface area (Å²) in [5, 5.41) is 12.9. The van der Waals surface area contributed by atoms with Crippen LogP contribution in [0.2, 0.25) is 0 Å². The number of aromatic nitrogens is 3. The Bertz CT molecular complexity index is 1150. The van der Waals surface area contributed by atoms with Crippen LogP contribution in [0.25, 0.3) is 5.69 Å². The normalized spacial score (nSPS) is 16.0. The maximum atomic E-state index is 13.0. The van der Waals surface area contributed by atoms with Crippen molar-refractivity contribution in [1.82, 2.24) is 14.8 Å². The third-order valence-electron chi connectivity index (χ3n) is 6.48. The molecule has 0 atom stereocenters. The van der Waals surface area contributed by atoms with Gasteiger partial charge >= 0.3 is 0 Å². The van der Waals surface area contributed by atoms with E-state index in [-0.39, 0.29) is 11.7 Å². The predicted octanol–water partition coefficient (Wildman–Crippen LogP) is 4.00. The highest BCUT2D eigenvalue weighted by Gasteiger charge is 2.24. The smallest absolute Gasteiger partial charge is 0.234 e. The van der Waals surface area contributed by atoms with Crippen LogP contribution in [0.5, 0.6) is 0 Å². The summed E-state index contributed by atoms with van der Waals surface area (Å²) in [6.45, 7) is 7.09. The predicted molar refractivity (Wildman–Crippen MR) is 141 cm³/mol. The fourth-order valence-corrected chi connectivity index (χ4v) is 5.43. The molecular weight excluding hydrogens is 460 g/mol. The fourth-order valence-electron chi connectivity index (χ4n) is 4.69. The van der Waals surface area contributed by atoms with E-state index in [4.69, 9.17) is 4.74 Å². The van der Waals surface area contributed by atoms with E-state index in [0.717, 1.165) is 60.8 Å². The van der Waals surface area contributed by atoms with E-state index in [0.29, 0.717) is 13.2 Å². The van der Waals surface area contributed by atoms with Gasteiger partial charge in [0, 0.05) is 26.2 Å². The first kappa shape index (κ1) is 23.7. The number of para-hydroxylation sites is 3. The zero-order valence-electron chi connectivity index (χ0n) is 20.2. The SMILES string of the molecule is CCc1ccccc1-n1c(SCC(=O)Nc2ccccc2N2CCCC2)nnc1N1CCOCC1. The van der Waals surface area contributed by atoms with Crippen LogP contribution in [0.15, 0.2) is 53.7 Å². The zero-order valence-corrected chi connectivity index (χ0v) is 21.0. The topological polar surface area (TPSA) is 75.5 Å². The number of benzene rings is 2. The number of hydrogen-bond donors (Lipinski definition) is 1. The third-order valence-corrected chi connectivity index (χ3v) is 7.41. The van der Waals surface area contributed by atoms with Crippen LogP contribution in [0.1, 0.15) is 25.3 Å². The van der Waals surface area contributed by atoms with Crippen molar-refractivity contribution in [2.24, 2.45) is 0 Å². The van der Waals surface area contributed by atoms with Crippen LogP contribution in [-0.4, -0.2) is 65.8 Å². The molecule has 0 bridgehead atoms. The first-order valence-corrected chi connectivity index (χ1v) is 13.4. The molecule has 0 unspecified atom stereocenters. The van der Waals surface area contributed by atoms with Crippen LogP contribution < -0.4 is 15.1 Å². The van der Waals surface area contributed by atoms with Crippen LogP contribution in [0.4, 0.5) is 17.3 Å². The fraction of sp³-hybridized carbons (Fsp3) is 0.423. The molecule has 2 saturated heterocycles. The largest absolute Gasteiger partial charge is 0.378 e. The van der Waals surface area contributed by atoms with E-state index in [1.54, 1.807) is 0 Å². The maximum absolute atomic E-state index is 13.0. The van der Waals surface area contributed by atoms with Gasteiger partial charge in [-0.2, -0.15) is 0 Å².